The number of methoxy groups -OCH3 is 1. The molecule has 0 amide bonds. The van der Waals surface area contributed by atoms with Gasteiger partial charge in [0.15, 0.2) is 0 Å². The molecule has 0 atom stereocenters. The van der Waals surface area contributed by atoms with E-state index in [2.05, 4.69) is 4.98 Å². The van der Waals surface area contributed by atoms with E-state index in [0.717, 1.165) is 28.0 Å². The van der Waals surface area contributed by atoms with E-state index < -0.39 is 0 Å². The van der Waals surface area contributed by atoms with Gasteiger partial charge in [-0.3, -0.25) is 9.36 Å². The second-order valence-corrected chi connectivity index (χ2v) is 6.60. The van der Waals surface area contributed by atoms with Crippen molar-refractivity contribution in [3.63, 3.8) is 0 Å². The molecule has 0 aliphatic rings. The molecule has 2 aromatic heterocycles. The summed E-state index contributed by atoms with van der Waals surface area (Å²) < 4.78 is 7.54. The summed E-state index contributed by atoms with van der Waals surface area (Å²) in [6, 6.07) is 17.7. The first-order valence-corrected chi connectivity index (χ1v) is 8.79. The first-order chi connectivity index (χ1) is 12.3. The predicted molar refractivity (Wildman–Crippen MR) is 101 cm³/mol. The quantitative estimate of drug-likeness (QED) is 0.556. The van der Waals surface area contributed by atoms with Crippen molar-refractivity contribution in [1.29, 1.82) is 0 Å². The summed E-state index contributed by atoms with van der Waals surface area (Å²) in [7, 11) is 1.64. The van der Waals surface area contributed by atoms with Crippen LogP contribution >= 0.6 is 11.3 Å². The molecule has 0 saturated heterocycles. The lowest BCUT2D eigenvalue weighted by Crippen LogP contribution is -2.20. The zero-order chi connectivity index (χ0) is 17.2. The number of nitrogens with zero attached hydrogens (tertiary/aromatic N) is 2. The Balaban J connectivity index is 1.75. The Hall–Kier alpha value is -2.92. The van der Waals surface area contributed by atoms with Gasteiger partial charge in [-0.1, -0.05) is 42.5 Å². The van der Waals surface area contributed by atoms with Gasteiger partial charge >= 0.3 is 0 Å². The Morgan fingerprint density at radius 3 is 2.56 bits per heavy atom. The van der Waals surface area contributed by atoms with E-state index in [1.165, 1.54) is 11.3 Å². The molecule has 0 aliphatic heterocycles. The molecule has 2 heterocycles. The molecule has 0 N–H and O–H groups in total. The van der Waals surface area contributed by atoms with Crippen LogP contribution in [0, 0.1) is 0 Å². The molecule has 5 heteroatoms. The average Bonchev–Trinajstić information content (AvgIpc) is 3.10. The molecular weight excluding hydrogens is 332 g/mol. The molecule has 0 bridgehead atoms. The van der Waals surface area contributed by atoms with Crippen molar-refractivity contribution in [2.24, 2.45) is 0 Å². The Bertz CT molecular complexity index is 1070. The van der Waals surface area contributed by atoms with Gasteiger partial charge in [0, 0.05) is 10.9 Å². The van der Waals surface area contributed by atoms with Gasteiger partial charge in [-0.15, -0.1) is 11.3 Å². The highest BCUT2D eigenvalue weighted by molar-refractivity contribution is 7.17. The fourth-order valence-electron chi connectivity index (χ4n) is 2.81. The van der Waals surface area contributed by atoms with Crippen molar-refractivity contribution in [1.82, 2.24) is 9.55 Å². The van der Waals surface area contributed by atoms with E-state index in [0.29, 0.717) is 11.2 Å². The summed E-state index contributed by atoms with van der Waals surface area (Å²) in [5, 5.41) is 1.99. The van der Waals surface area contributed by atoms with Crippen LogP contribution < -0.4 is 10.3 Å². The lowest BCUT2D eigenvalue weighted by molar-refractivity contribution is 0.415. The Morgan fingerprint density at radius 2 is 1.84 bits per heavy atom. The normalized spacial score (nSPS) is 10.9. The smallest absolute Gasteiger partial charge is 0.271 e. The topological polar surface area (TPSA) is 44.1 Å². The van der Waals surface area contributed by atoms with Crippen LogP contribution in [0.15, 0.2) is 71.1 Å². The summed E-state index contributed by atoms with van der Waals surface area (Å²) in [4.78, 5) is 17.4. The van der Waals surface area contributed by atoms with E-state index in [4.69, 9.17) is 4.74 Å². The van der Waals surface area contributed by atoms with Crippen molar-refractivity contribution >= 4 is 21.6 Å². The zero-order valence-electron chi connectivity index (χ0n) is 13.7. The van der Waals surface area contributed by atoms with Crippen LogP contribution in [0.3, 0.4) is 0 Å². The van der Waals surface area contributed by atoms with Crippen LogP contribution in [0.4, 0.5) is 0 Å². The maximum atomic E-state index is 12.8. The third-order valence-electron chi connectivity index (χ3n) is 4.14. The van der Waals surface area contributed by atoms with Gasteiger partial charge in [0.2, 0.25) is 0 Å². The SMILES string of the molecule is COc1ccc(-c2csc3c(=O)n(Cc4ccccc4)cnc23)cc1. The number of benzene rings is 2. The maximum Gasteiger partial charge on any atom is 0.271 e. The van der Waals surface area contributed by atoms with E-state index in [9.17, 15) is 4.79 Å². The summed E-state index contributed by atoms with van der Waals surface area (Å²) in [6.07, 6.45) is 1.64. The molecule has 0 fully saturated rings. The van der Waals surface area contributed by atoms with Gasteiger partial charge in [0.05, 0.1) is 25.5 Å². The highest BCUT2D eigenvalue weighted by Gasteiger charge is 2.12. The van der Waals surface area contributed by atoms with E-state index in [1.54, 1.807) is 18.0 Å². The lowest BCUT2D eigenvalue weighted by Gasteiger charge is -2.06. The van der Waals surface area contributed by atoms with Crippen LogP contribution in [0.5, 0.6) is 5.75 Å². The summed E-state index contributed by atoms with van der Waals surface area (Å²) >= 11 is 1.44. The Kier molecular flexibility index (Phi) is 4.07. The minimum Gasteiger partial charge on any atom is -0.497 e. The highest BCUT2D eigenvalue weighted by atomic mass is 32.1. The Morgan fingerprint density at radius 1 is 1.08 bits per heavy atom. The second kappa shape index (κ2) is 6.53. The lowest BCUT2D eigenvalue weighted by atomic mass is 10.1. The fourth-order valence-corrected chi connectivity index (χ4v) is 3.79. The molecule has 124 valence electrons. The fraction of sp³-hybridized carbons (Fsp3) is 0.100. The highest BCUT2D eigenvalue weighted by Crippen LogP contribution is 2.31. The zero-order valence-corrected chi connectivity index (χ0v) is 14.5. The van der Waals surface area contributed by atoms with Gasteiger partial charge in [-0.05, 0) is 23.3 Å². The van der Waals surface area contributed by atoms with Crippen LogP contribution in [-0.4, -0.2) is 16.7 Å². The number of thiophene rings is 1. The number of hydrogen-bond acceptors (Lipinski definition) is 4. The molecule has 2 aromatic carbocycles. The molecule has 0 aliphatic carbocycles. The second-order valence-electron chi connectivity index (χ2n) is 5.72. The molecule has 0 spiro atoms. The van der Waals surface area contributed by atoms with Gasteiger partial charge in [-0.2, -0.15) is 0 Å². The number of hydrogen-bond donors (Lipinski definition) is 0. The third-order valence-corrected chi connectivity index (χ3v) is 5.10. The molecule has 0 unspecified atom stereocenters. The number of aromatic nitrogens is 2. The third kappa shape index (κ3) is 2.94. The van der Waals surface area contributed by atoms with E-state index in [1.807, 2.05) is 60.0 Å². The summed E-state index contributed by atoms with van der Waals surface area (Å²) in [5.74, 6) is 0.807. The van der Waals surface area contributed by atoms with Crippen LogP contribution in [0.2, 0.25) is 0 Å². The van der Waals surface area contributed by atoms with Crippen molar-refractivity contribution < 1.29 is 4.74 Å². The van der Waals surface area contributed by atoms with Gasteiger partial charge < -0.3 is 4.74 Å². The van der Waals surface area contributed by atoms with Gasteiger partial charge in [0.25, 0.3) is 5.56 Å². The minimum absolute atomic E-state index is 0.00128. The molecule has 4 aromatic rings. The maximum absolute atomic E-state index is 12.8. The standard InChI is InChI=1S/C20H16N2O2S/c1-24-16-9-7-15(8-10-16)17-12-25-19-18(17)21-13-22(20(19)23)11-14-5-3-2-4-6-14/h2-10,12-13H,11H2,1H3. The molecule has 25 heavy (non-hydrogen) atoms. The monoisotopic (exact) mass is 348 g/mol. The molecular formula is C20H16N2O2S. The summed E-state index contributed by atoms with van der Waals surface area (Å²) in [6.45, 7) is 0.526. The van der Waals surface area contributed by atoms with Gasteiger partial charge in [0.1, 0.15) is 10.4 Å². The number of ether oxygens (including phenoxy) is 1. The van der Waals surface area contributed by atoms with E-state index in [-0.39, 0.29) is 5.56 Å². The van der Waals surface area contributed by atoms with Crippen LogP contribution in [-0.2, 0) is 6.54 Å². The van der Waals surface area contributed by atoms with Crippen LogP contribution in [0.25, 0.3) is 21.3 Å². The van der Waals surface area contributed by atoms with Crippen LogP contribution in [0.1, 0.15) is 5.56 Å². The van der Waals surface area contributed by atoms with Crippen molar-refractivity contribution in [2.45, 2.75) is 6.54 Å². The molecule has 0 saturated carbocycles. The van der Waals surface area contributed by atoms with Crippen molar-refractivity contribution in [3.8, 4) is 16.9 Å². The largest absolute Gasteiger partial charge is 0.497 e. The van der Waals surface area contributed by atoms with Crippen molar-refractivity contribution in [3.05, 3.63) is 82.2 Å². The number of fused-ring (bicyclic) bond motifs is 1. The molecule has 0 radical (unpaired) electrons. The van der Waals surface area contributed by atoms with Gasteiger partial charge in [-0.25, -0.2) is 4.98 Å². The number of rotatable bonds is 4. The average molecular weight is 348 g/mol. The van der Waals surface area contributed by atoms with E-state index >= 15 is 0 Å². The first kappa shape index (κ1) is 15.6. The first-order valence-electron chi connectivity index (χ1n) is 7.91. The molecule has 4 nitrogen and oxygen atoms in total. The van der Waals surface area contributed by atoms with Crippen molar-refractivity contribution in [2.75, 3.05) is 7.11 Å². The molecule has 4 rings (SSSR count). The summed E-state index contributed by atoms with van der Waals surface area (Å²) in [5.41, 5.74) is 3.84. The Labute approximate surface area is 149 Å². The predicted octanol–water partition coefficient (Wildman–Crippen LogP) is 4.18. The minimum atomic E-state index is -0.00128.